The number of aryl methyl sites for hydroxylation is 1. The van der Waals surface area contributed by atoms with Crippen molar-refractivity contribution in [3.8, 4) is 5.75 Å². The lowest BCUT2D eigenvalue weighted by molar-refractivity contribution is 0.0692. The molecule has 1 heterocycles. The van der Waals surface area contributed by atoms with Crippen LogP contribution in [0.3, 0.4) is 0 Å². The predicted octanol–water partition coefficient (Wildman–Crippen LogP) is 3.32. The van der Waals surface area contributed by atoms with Crippen molar-refractivity contribution in [3.63, 3.8) is 0 Å². The highest BCUT2D eigenvalue weighted by molar-refractivity contribution is 5.92. The zero-order valence-electron chi connectivity index (χ0n) is 11.9. The van der Waals surface area contributed by atoms with Gasteiger partial charge < -0.3 is 14.6 Å². The second-order valence-corrected chi connectivity index (χ2v) is 5.08. The Morgan fingerprint density at radius 3 is 2.62 bits per heavy atom. The minimum Gasteiger partial charge on any atom is -0.508 e. The zero-order chi connectivity index (χ0) is 15.4. The van der Waals surface area contributed by atoms with E-state index in [0.29, 0.717) is 11.8 Å². The molecule has 1 aromatic heterocycles. The topological polar surface area (TPSA) is 87.7 Å². The summed E-state index contributed by atoms with van der Waals surface area (Å²) in [5, 5.41) is 19.4. The van der Waals surface area contributed by atoms with E-state index in [9.17, 15) is 14.7 Å². The van der Waals surface area contributed by atoms with Gasteiger partial charge in [-0.1, -0.05) is 26.2 Å². The third kappa shape index (κ3) is 3.42. The van der Waals surface area contributed by atoms with Gasteiger partial charge in [-0.15, -0.1) is 0 Å². The molecule has 0 saturated heterocycles. The quantitative estimate of drug-likeness (QED) is 0.629. The number of benzene rings is 1. The number of fused-ring (bicyclic) bond motifs is 1. The third-order valence-electron chi connectivity index (χ3n) is 3.46. The van der Waals surface area contributed by atoms with Crippen LogP contribution in [0.15, 0.2) is 27.4 Å². The second-order valence-electron chi connectivity index (χ2n) is 5.08. The summed E-state index contributed by atoms with van der Waals surface area (Å²) in [5.74, 6) is -1.24. The maximum absolute atomic E-state index is 11.5. The van der Waals surface area contributed by atoms with E-state index in [-0.39, 0.29) is 11.3 Å². The standard InChI is InChI=1S/C16H18O5/c1-2-3-4-5-6-10-7-11-8-12(15(18)19)16(20)21-14(11)9-13(10)17/h7-9,17H,2-6H2,1H3,(H,18,19). The van der Waals surface area contributed by atoms with Crippen LogP contribution in [0.4, 0.5) is 0 Å². The van der Waals surface area contributed by atoms with Gasteiger partial charge in [-0.25, -0.2) is 9.59 Å². The van der Waals surface area contributed by atoms with Gasteiger partial charge in [0.15, 0.2) is 0 Å². The second kappa shape index (κ2) is 6.43. The Morgan fingerprint density at radius 1 is 1.19 bits per heavy atom. The fourth-order valence-electron chi connectivity index (χ4n) is 2.29. The van der Waals surface area contributed by atoms with Gasteiger partial charge in [0.1, 0.15) is 16.9 Å². The number of aromatic carboxylic acids is 1. The molecular weight excluding hydrogens is 272 g/mol. The lowest BCUT2D eigenvalue weighted by atomic mass is 10.0. The first-order chi connectivity index (χ1) is 10.0. The molecule has 0 aliphatic carbocycles. The number of phenolic OH excluding ortho intramolecular Hbond substituents is 1. The number of carbonyl (C=O) groups is 1. The number of carboxylic acid groups (broad SMARTS) is 1. The number of hydrogen-bond acceptors (Lipinski definition) is 4. The summed E-state index contributed by atoms with van der Waals surface area (Å²) in [7, 11) is 0. The van der Waals surface area contributed by atoms with Gasteiger partial charge in [0, 0.05) is 11.5 Å². The summed E-state index contributed by atoms with van der Waals surface area (Å²) in [6.07, 6.45) is 5.03. The van der Waals surface area contributed by atoms with Crippen molar-refractivity contribution < 1.29 is 19.4 Å². The molecule has 0 aliphatic rings. The molecule has 2 N–H and O–H groups in total. The van der Waals surface area contributed by atoms with Gasteiger partial charge in [-0.2, -0.15) is 0 Å². The summed E-state index contributed by atoms with van der Waals surface area (Å²) in [6, 6.07) is 4.35. The predicted molar refractivity (Wildman–Crippen MR) is 79.0 cm³/mol. The fraction of sp³-hybridized carbons (Fsp3) is 0.375. The summed E-state index contributed by atoms with van der Waals surface area (Å²) >= 11 is 0. The highest BCUT2D eigenvalue weighted by atomic mass is 16.4. The van der Waals surface area contributed by atoms with Crippen LogP contribution >= 0.6 is 0 Å². The van der Waals surface area contributed by atoms with E-state index >= 15 is 0 Å². The minimum absolute atomic E-state index is 0.0743. The zero-order valence-corrected chi connectivity index (χ0v) is 11.9. The van der Waals surface area contributed by atoms with Gasteiger partial charge in [0.05, 0.1) is 0 Å². The minimum atomic E-state index is -1.32. The number of aromatic hydroxyl groups is 1. The molecule has 0 unspecified atom stereocenters. The van der Waals surface area contributed by atoms with E-state index in [4.69, 9.17) is 9.52 Å². The maximum atomic E-state index is 11.5. The SMILES string of the molecule is CCCCCCc1cc2cc(C(=O)O)c(=O)oc2cc1O. The largest absolute Gasteiger partial charge is 0.508 e. The van der Waals surface area contributed by atoms with Crippen LogP contribution in [0.25, 0.3) is 11.0 Å². The molecule has 0 amide bonds. The van der Waals surface area contributed by atoms with Crippen LogP contribution in [0.1, 0.15) is 48.5 Å². The molecule has 1 aromatic carbocycles. The normalized spacial score (nSPS) is 10.9. The van der Waals surface area contributed by atoms with Gasteiger partial charge in [-0.3, -0.25) is 0 Å². The van der Waals surface area contributed by atoms with E-state index < -0.39 is 17.2 Å². The van der Waals surface area contributed by atoms with Crippen LogP contribution in [-0.2, 0) is 6.42 Å². The van der Waals surface area contributed by atoms with E-state index in [0.717, 1.165) is 31.2 Å². The van der Waals surface area contributed by atoms with Gasteiger partial charge >= 0.3 is 11.6 Å². The highest BCUT2D eigenvalue weighted by Gasteiger charge is 2.14. The summed E-state index contributed by atoms with van der Waals surface area (Å²) in [5.41, 5.74) is -0.376. The van der Waals surface area contributed by atoms with Crippen molar-refractivity contribution in [2.45, 2.75) is 39.0 Å². The molecule has 0 radical (unpaired) electrons. The van der Waals surface area contributed by atoms with E-state index in [1.807, 2.05) is 0 Å². The fourth-order valence-corrected chi connectivity index (χ4v) is 2.29. The van der Waals surface area contributed by atoms with Crippen molar-refractivity contribution in [1.82, 2.24) is 0 Å². The Kier molecular flexibility index (Phi) is 4.62. The van der Waals surface area contributed by atoms with Crippen LogP contribution < -0.4 is 5.63 Å². The van der Waals surface area contributed by atoms with Gasteiger partial charge in [0.2, 0.25) is 0 Å². The smallest absolute Gasteiger partial charge is 0.351 e. The molecule has 5 nitrogen and oxygen atoms in total. The van der Waals surface area contributed by atoms with Crippen molar-refractivity contribution in [3.05, 3.63) is 39.7 Å². The Labute approximate surface area is 121 Å². The highest BCUT2D eigenvalue weighted by Crippen LogP contribution is 2.26. The van der Waals surface area contributed by atoms with E-state index in [1.165, 1.54) is 12.1 Å². The molecule has 112 valence electrons. The number of rotatable bonds is 6. The number of phenols is 1. The molecule has 0 spiro atoms. The lowest BCUT2D eigenvalue weighted by Gasteiger charge is -2.07. The van der Waals surface area contributed by atoms with Crippen molar-refractivity contribution in [2.24, 2.45) is 0 Å². The molecule has 5 heteroatoms. The first-order valence-electron chi connectivity index (χ1n) is 7.06. The Morgan fingerprint density at radius 2 is 1.95 bits per heavy atom. The first kappa shape index (κ1) is 15.1. The Bertz CT molecular complexity index is 714. The van der Waals surface area contributed by atoms with Crippen LogP contribution in [-0.4, -0.2) is 16.2 Å². The van der Waals surface area contributed by atoms with Crippen LogP contribution in [0.2, 0.25) is 0 Å². The number of hydrogen-bond donors (Lipinski definition) is 2. The molecule has 21 heavy (non-hydrogen) atoms. The molecule has 0 atom stereocenters. The average Bonchev–Trinajstić information content (AvgIpc) is 2.43. The molecule has 2 aromatic rings. The van der Waals surface area contributed by atoms with Crippen molar-refractivity contribution in [2.75, 3.05) is 0 Å². The van der Waals surface area contributed by atoms with Crippen LogP contribution in [0, 0.1) is 0 Å². The molecule has 0 aliphatic heterocycles. The third-order valence-corrected chi connectivity index (χ3v) is 3.46. The Balaban J connectivity index is 2.36. The molecule has 0 saturated carbocycles. The Hall–Kier alpha value is -2.30. The molecule has 0 fully saturated rings. The van der Waals surface area contributed by atoms with Gasteiger partial charge in [0.25, 0.3) is 0 Å². The monoisotopic (exact) mass is 290 g/mol. The lowest BCUT2D eigenvalue weighted by Crippen LogP contribution is -2.12. The first-order valence-corrected chi connectivity index (χ1v) is 7.06. The molecule has 2 rings (SSSR count). The van der Waals surface area contributed by atoms with Crippen LogP contribution in [0.5, 0.6) is 5.75 Å². The summed E-state index contributed by atoms with van der Waals surface area (Å²) in [6.45, 7) is 2.13. The summed E-state index contributed by atoms with van der Waals surface area (Å²) in [4.78, 5) is 22.4. The van der Waals surface area contributed by atoms with Gasteiger partial charge in [-0.05, 0) is 30.5 Å². The maximum Gasteiger partial charge on any atom is 0.351 e. The summed E-state index contributed by atoms with van der Waals surface area (Å²) < 4.78 is 4.94. The van der Waals surface area contributed by atoms with E-state index in [2.05, 4.69) is 6.92 Å². The number of carboxylic acids is 1. The molecule has 0 bridgehead atoms. The van der Waals surface area contributed by atoms with Crippen molar-refractivity contribution >= 4 is 16.9 Å². The van der Waals surface area contributed by atoms with Crippen molar-refractivity contribution in [1.29, 1.82) is 0 Å². The van der Waals surface area contributed by atoms with E-state index in [1.54, 1.807) is 6.07 Å². The average molecular weight is 290 g/mol. The number of unbranched alkanes of at least 4 members (excludes halogenated alkanes) is 3. The molecular formula is C16H18O5.